The van der Waals surface area contributed by atoms with Crippen molar-refractivity contribution >= 4 is 34.1 Å². The van der Waals surface area contributed by atoms with E-state index in [9.17, 15) is 4.79 Å². The first-order valence-electron chi connectivity index (χ1n) is 6.37. The Kier molecular flexibility index (Phi) is 4.54. The van der Waals surface area contributed by atoms with Gasteiger partial charge in [0.1, 0.15) is 0 Å². The van der Waals surface area contributed by atoms with E-state index < -0.39 is 6.03 Å². The van der Waals surface area contributed by atoms with Gasteiger partial charge < -0.3 is 11.1 Å². The maximum absolute atomic E-state index is 11.8. The average Bonchev–Trinajstić information content (AvgIpc) is 2.70. The number of aromatic nitrogens is 1. The number of nitrogens with two attached hydrogens (primary N) is 1. The molecule has 0 saturated heterocycles. The Hall–Kier alpha value is -2.41. The number of nitrogens with one attached hydrogen (secondary N) is 2. The van der Waals surface area contributed by atoms with Gasteiger partial charge in [0.05, 0.1) is 5.69 Å². The van der Waals surface area contributed by atoms with Crippen LogP contribution in [-0.4, -0.2) is 17.0 Å². The molecule has 0 aliphatic carbocycles. The molecular weight excluding hydrogens is 286 g/mol. The fraction of sp³-hybridized carbons (Fsp3) is 0.214. The van der Waals surface area contributed by atoms with Crippen LogP contribution in [0, 0.1) is 20.8 Å². The molecule has 0 unspecified atom stereocenters. The zero-order valence-corrected chi connectivity index (χ0v) is 12.9. The number of hydrogen-bond acceptors (Lipinski definition) is 4. The summed E-state index contributed by atoms with van der Waals surface area (Å²) in [5.41, 5.74) is 8.41. The van der Waals surface area contributed by atoms with E-state index in [1.165, 1.54) is 11.3 Å². The van der Waals surface area contributed by atoms with Crippen molar-refractivity contribution in [1.29, 1.82) is 0 Å². The van der Waals surface area contributed by atoms with Gasteiger partial charge in [-0.25, -0.2) is 9.78 Å². The van der Waals surface area contributed by atoms with E-state index in [1.54, 1.807) is 0 Å². The molecule has 0 bridgehead atoms. The number of thiazole rings is 1. The molecule has 110 valence electrons. The molecule has 0 aliphatic heterocycles. The SMILES string of the molecule is Cc1ccc(NC(=O)N/C(N)=N/c2nc(C)c(C)s2)cc1. The van der Waals surface area contributed by atoms with Crippen LogP contribution in [0.25, 0.3) is 0 Å². The predicted molar refractivity (Wildman–Crippen MR) is 86.2 cm³/mol. The zero-order chi connectivity index (χ0) is 15.4. The molecule has 0 spiro atoms. The molecule has 0 saturated carbocycles. The third kappa shape index (κ3) is 4.28. The first kappa shape index (κ1) is 15.0. The van der Waals surface area contributed by atoms with Crippen LogP contribution < -0.4 is 16.4 Å². The normalized spacial score (nSPS) is 11.3. The summed E-state index contributed by atoms with van der Waals surface area (Å²) in [5.74, 6) is 0.00774. The number of hydrogen-bond donors (Lipinski definition) is 3. The summed E-state index contributed by atoms with van der Waals surface area (Å²) in [6.07, 6.45) is 0. The number of aliphatic imine (C=N–C) groups is 1. The summed E-state index contributed by atoms with van der Waals surface area (Å²) < 4.78 is 0. The quantitative estimate of drug-likeness (QED) is 0.588. The number of nitrogens with zero attached hydrogens (tertiary/aromatic N) is 2. The largest absolute Gasteiger partial charge is 0.369 e. The number of rotatable bonds is 2. The predicted octanol–water partition coefficient (Wildman–Crippen LogP) is 2.84. The molecule has 21 heavy (non-hydrogen) atoms. The summed E-state index contributed by atoms with van der Waals surface area (Å²) in [5, 5.41) is 5.67. The summed E-state index contributed by atoms with van der Waals surface area (Å²) in [7, 11) is 0. The Morgan fingerprint density at radius 3 is 2.48 bits per heavy atom. The van der Waals surface area contributed by atoms with Crippen molar-refractivity contribution < 1.29 is 4.79 Å². The Morgan fingerprint density at radius 2 is 1.90 bits per heavy atom. The van der Waals surface area contributed by atoms with Gasteiger partial charge in [-0.1, -0.05) is 29.0 Å². The van der Waals surface area contributed by atoms with Crippen LogP contribution in [0.5, 0.6) is 0 Å². The third-order valence-corrected chi connectivity index (χ3v) is 3.75. The van der Waals surface area contributed by atoms with Gasteiger partial charge in [-0.3, -0.25) is 5.32 Å². The molecule has 1 aromatic carbocycles. The van der Waals surface area contributed by atoms with Gasteiger partial charge in [0.15, 0.2) is 0 Å². The van der Waals surface area contributed by atoms with E-state index in [0.29, 0.717) is 10.8 Å². The van der Waals surface area contributed by atoms with E-state index in [0.717, 1.165) is 16.1 Å². The topological polar surface area (TPSA) is 92.4 Å². The van der Waals surface area contributed by atoms with Crippen LogP contribution in [0.4, 0.5) is 15.6 Å². The van der Waals surface area contributed by atoms with Crippen LogP contribution >= 0.6 is 11.3 Å². The average molecular weight is 303 g/mol. The van der Waals surface area contributed by atoms with Gasteiger partial charge in [0.25, 0.3) is 0 Å². The fourth-order valence-corrected chi connectivity index (χ4v) is 2.34. The zero-order valence-electron chi connectivity index (χ0n) is 12.1. The van der Waals surface area contributed by atoms with Crippen molar-refractivity contribution in [3.63, 3.8) is 0 Å². The van der Waals surface area contributed by atoms with Crippen molar-refractivity contribution in [3.8, 4) is 0 Å². The maximum Gasteiger partial charge on any atom is 0.325 e. The number of anilines is 1. The molecule has 0 radical (unpaired) electrons. The van der Waals surface area contributed by atoms with Crippen molar-refractivity contribution in [3.05, 3.63) is 40.4 Å². The van der Waals surface area contributed by atoms with Gasteiger partial charge in [-0.2, -0.15) is 4.99 Å². The first-order chi connectivity index (χ1) is 9.94. The standard InChI is InChI=1S/C14H17N5OS/c1-8-4-6-11(7-5-8)17-13(20)18-12(15)19-14-16-9(2)10(3)21-14/h4-7H,1-3H3,(H4,15,16,17,18,19,20). The number of benzene rings is 1. The monoisotopic (exact) mass is 303 g/mol. The molecule has 0 fully saturated rings. The molecule has 4 N–H and O–H groups in total. The molecule has 2 amide bonds. The van der Waals surface area contributed by atoms with Gasteiger partial charge in [-0.15, -0.1) is 0 Å². The second kappa shape index (κ2) is 6.36. The molecule has 2 aromatic rings. The van der Waals surface area contributed by atoms with E-state index >= 15 is 0 Å². The number of urea groups is 1. The summed E-state index contributed by atoms with van der Waals surface area (Å²) in [6, 6.07) is 7.01. The third-order valence-electron chi connectivity index (χ3n) is 2.78. The van der Waals surface area contributed by atoms with Crippen molar-refractivity contribution in [1.82, 2.24) is 10.3 Å². The van der Waals surface area contributed by atoms with Crippen LogP contribution in [0.1, 0.15) is 16.1 Å². The molecule has 2 rings (SSSR count). The molecular formula is C14H17N5OS. The first-order valence-corrected chi connectivity index (χ1v) is 7.18. The highest BCUT2D eigenvalue weighted by molar-refractivity contribution is 7.15. The summed E-state index contributed by atoms with van der Waals surface area (Å²) in [6.45, 7) is 5.84. The second-order valence-electron chi connectivity index (χ2n) is 4.58. The van der Waals surface area contributed by atoms with Crippen molar-refractivity contribution in [2.24, 2.45) is 10.7 Å². The number of aryl methyl sites for hydroxylation is 3. The number of guanidine groups is 1. The lowest BCUT2D eigenvalue weighted by molar-refractivity contribution is 0.256. The lowest BCUT2D eigenvalue weighted by atomic mass is 10.2. The minimum absolute atomic E-state index is 0.00774. The molecule has 0 atom stereocenters. The van der Waals surface area contributed by atoms with Crippen LogP contribution in [0.2, 0.25) is 0 Å². The Balaban J connectivity index is 1.97. The smallest absolute Gasteiger partial charge is 0.325 e. The highest BCUT2D eigenvalue weighted by Gasteiger charge is 2.06. The number of amides is 2. The Morgan fingerprint density at radius 1 is 1.24 bits per heavy atom. The Labute approximate surface area is 127 Å². The molecule has 6 nitrogen and oxygen atoms in total. The maximum atomic E-state index is 11.8. The molecule has 1 heterocycles. The fourth-order valence-electron chi connectivity index (χ4n) is 1.55. The van der Waals surface area contributed by atoms with E-state index in [4.69, 9.17) is 5.73 Å². The molecule has 7 heteroatoms. The van der Waals surface area contributed by atoms with Crippen molar-refractivity contribution in [2.75, 3.05) is 5.32 Å². The number of carbonyl (C=O) groups excluding carboxylic acids is 1. The van der Waals surface area contributed by atoms with Crippen LogP contribution in [-0.2, 0) is 0 Å². The minimum atomic E-state index is -0.440. The highest BCUT2D eigenvalue weighted by atomic mass is 32.1. The lowest BCUT2D eigenvalue weighted by Gasteiger charge is -2.06. The summed E-state index contributed by atoms with van der Waals surface area (Å²) >= 11 is 1.43. The lowest BCUT2D eigenvalue weighted by Crippen LogP contribution is -2.39. The van der Waals surface area contributed by atoms with Crippen molar-refractivity contribution in [2.45, 2.75) is 20.8 Å². The molecule has 1 aromatic heterocycles. The van der Waals surface area contributed by atoms with E-state index in [-0.39, 0.29) is 5.96 Å². The van der Waals surface area contributed by atoms with E-state index in [1.807, 2.05) is 45.0 Å². The van der Waals surface area contributed by atoms with E-state index in [2.05, 4.69) is 20.6 Å². The highest BCUT2D eigenvalue weighted by Crippen LogP contribution is 2.23. The van der Waals surface area contributed by atoms with Gasteiger partial charge in [-0.05, 0) is 32.9 Å². The summed E-state index contributed by atoms with van der Waals surface area (Å²) in [4.78, 5) is 21.1. The Bertz CT molecular complexity index is 656. The number of carbonyl (C=O) groups is 1. The molecule has 0 aliphatic rings. The second-order valence-corrected chi connectivity index (χ2v) is 5.76. The van der Waals surface area contributed by atoms with Gasteiger partial charge in [0.2, 0.25) is 11.1 Å². The van der Waals surface area contributed by atoms with Crippen LogP contribution in [0.3, 0.4) is 0 Å². The van der Waals surface area contributed by atoms with Crippen LogP contribution in [0.15, 0.2) is 29.3 Å². The van der Waals surface area contributed by atoms with Gasteiger partial charge in [0, 0.05) is 10.6 Å². The van der Waals surface area contributed by atoms with Gasteiger partial charge >= 0.3 is 6.03 Å². The minimum Gasteiger partial charge on any atom is -0.369 e.